The maximum atomic E-state index is 11.9. The lowest BCUT2D eigenvalue weighted by Gasteiger charge is -2.17. The Labute approximate surface area is 120 Å². The smallest absolute Gasteiger partial charge is 0.253 e. The summed E-state index contributed by atoms with van der Waals surface area (Å²) in [5.41, 5.74) is 6.56. The van der Waals surface area contributed by atoms with Crippen LogP contribution in [0.25, 0.3) is 0 Å². The van der Waals surface area contributed by atoms with Gasteiger partial charge in [0.15, 0.2) is 0 Å². The molecule has 0 atom stereocenters. The summed E-state index contributed by atoms with van der Waals surface area (Å²) in [5.74, 6) is -0.245. The van der Waals surface area contributed by atoms with Crippen LogP contribution in [0.3, 0.4) is 0 Å². The van der Waals surface area contributed by atoms with Gasteiger partial charge in [-0.25, -0.2) is 12.7 Å². The van der Waals surface area contributed by atoms with E-state index in [0.717, 1.165) is 0 Å². The normalized spacial score (nSPS) is 11.6. The van der Waals surface area contributed by atoms with Crippen LogP contribution in [-0.4, -0.2) is 44.5 Å². The number of rotatable bonds is 7. The van der Waals surface area contributed by atoms with Gasteiger partial charge >= 0.3 is 0 Å². The van der Waals surface area contributed by atoms with Crippen LogP contribution in [0.5, 0.6) is 0 Å². The van der Waals surface area contributed by atoms with Gasteiger partial charge in [0.05, 0.1) is 11.8 Å². The summed E-state index contributed by atoms with van der Waals surface area (Å²) in [5, 5.41) is 2.73. The number of carbonyl (C=O) groups excluding carboxylic acids is 1. The third-order valence-corrected chi connectivity index (χ3v) is 4.28. The number of carbonyl (C=O) groups is 1. The third-order valence-electron chi connectivity index (χ3n) is 2.90. The molecule has 0 fully saturated rings. The van der Waals surface area contributed by atoms with Gasteiger partial charge in [-0.2, -0.15) is 0 Å². The molecule has 7 heteroatoms. The number of hydrogen-bond acceptors (Lipinski definition) is 4. The van der Waals surface area contributed by atoms with E-state index in [4.69, 9.17) is 5.73 Å². The summed E-state index contributed by atoms with van der Waals surface area (Å²) in [6, 6.07) is 6.82. The molecule has 1 aromatic rings. The minimum absolute atomic E-state index is 0.245. The van der Waals surface area contributed by atoms with E-state index in [1.54, 1.807) is 31.2 Å². The molecule has 0 saturated heterocycles. The molecule has 6 nitrogen and oxygen atoms in total. The highest BCUT2D eigenvalue weighted by Gasteiger charge is 2.14. The van der Waals surface area contributed by atoms with Gasteiger partial charge in [-0.1, -0.05) is 19.1 Å². The first-order valence-electron chi connectivity index (χ1n) is 6.44. The number of hydrogen-bond donors (Lipinski definition) is 2. The molecule has 0 aliphatic heterocycles. The molecule has 20 heavy (non-hydrogen) atoms. The molecule has 0 radical (unpaired) electrons. The summed E-state index contributed by atoms with van der Waals surface area (Å²) >= 11 is 0. The molecule has 0 unspecified atom stereocenters. The first kappa shape index (κ1) is 16.5. The Hall–Kier alpha value is -1.60. The fraction of sp³-hybridized carbons (Fsp3) is 0.462. The van der Waals surface area contributed by atoms with Crippen LogP contribution >= 0.6 is 0 Å². The van der Waals surface area contributed by atoms with Gasteiger partial charge in [-0.05, 0) is 18.6 Å². The van der Waals surface area contributed by atoms with E-state index in [-0.39, 0.29) is 5.91 Å². The van der Waals surface area contributed by atoms with Crippen molar-refractivity contribution in [2.45, 2.75) is 13.3 Å². The first-order chi connectivity index (χ1) is 9.36. The standard InChI is InChI=1S/C13H21N3O3S/c1-3-16(20(2,18)19)10-6-9-15-13(17)11-7-4-5-8-12(11)14/h4-5,7-8H,3,6,9-10,14H2,1-2H3,(H,15,17). The van der Waals surface area contributed by atoms with Crippen LogP contribution < -0.4 is 11.1 Å². The number of anilines is 1. The second kappa shape index (κ2) is 7.25. The molecular formula is C13H21N3O3S. The molecule has 0 saturated carbocycles. The Morgan fingerprint density at radius 3 is 2.55 bits per heavy atom. The van der Waals surface area contributed by atoms with Crippen LogP contribution in [0.15, 0.2) is 24.3 Å². The van der Waals surface area contributed by atoms with Crippen LogP contribution in [0, 0.1) is 0 Å². The van der Waals surface area contributed by atoms with Gasteiger partial charge in [0.25, 0.3) is 5.91 Å². The number of nitrogens with zero attached hydrogens (tertiary/aromatic N) is 1. The largest absolute Gasteiger partial charge is 0.398 e. The van der Waals surface area contributed by atoms with Gasteiger partial charge in [0, 0.05) is 25.3 Å². The monoisotopic (exact) mass is 299 g/mol. The Bertz CT molecular complexity index is 558. The van der Waals surface area contributed by atoms with E-state index in [1.807, 2.05) is 0 Å². The Balaban J connectivity index is 2.42. The fourth-order valence-corrected chi connectivity index (χ4v) is 2.74. The van der Waals surface area contributed by atoms with Crippen molar-refractivity contribution in [3.05, 3.63) is 29.8 Å². The number of amides is 1. The van der Waals surface area contributed by atoms with Crippen molar-refractivity contribution in [2.75, 3.05) is 31.6 Å². The fourth-order valence-electron chi connectivity index (χ4n) is 1.81. The first-order valence-corrected chi connectivity index (χ1v) is 8.29. The number of sulfonamides is 1. The number of nitrogen functional groups attached to an aromatic ring is 1. The molecule has 0 aliphatic carbocycles. The van der Waals surface area contributed by atoms with Gasteiger partial charge in [-0.15, -0.1) is 0 Å². The second-order valence-electron chi connectivity index (χ2n) is 4.45. The average molecular weight is 299 g/mol. The van der Waals surface area contributed by atoms with Crippen LogP contribution in [0.2, 0.25) is 0 Å². The molecule has 0 aromatic heterocycles. The van der Waals surface area contributed by atoms with E-state index >= 15 is 0 Å². The van der Waals surface area contributed by atoms with Crippen molar-refractivity contribution in [1.82, 2.24) is 9.62 Å². The predicted molar refractivity (Wildman–Crippen MR) is 79.9 cm³/mol. The van der Waals surface area contributed by atoms with Gasteiger partial charge in [0.1, 0.15) is 0 Å². The summed E-state index contributed by atoms with van der Waals surface area (Å²) in [6.07, 6.45) is 1.74. The van der Waals surface area contributed by atoms with Crippen molar-refractivity contribution in [1.29, 1.82) is 0 Å². The third kappa shape index (κ3) is 4.82. The summed E-state index contributed by atoms with van der Waals surface area (Å²) in [7, 11) is -3.17. The number of nitrogens with one attached hydrogen (secondary N) is 1. The van der Waals surface area contributed by atoms with E-state index in [9.17, 15) is 13.2 Å². The van der Waals surface area contributed by atoms with Crippen molar-refractivity contribution in [2.24, 2.45) is 0 Å². The van der Waals surface area contributed by atoms with Crippen molar-refractivity contribution >= 4 is 21.6 Å². The highest BCUT2D eigenvalue weighted by atomic mass is 32.2. The zero-order chi connectivity index (χ0) is 15.2. The van der Waals surface area contributed by atoms with Gasteiger partial charge < -0.3 is 11.1 Å². The molecular weight excluding hydrogens is 278 g/mol. The van der Waals surface area contributed by atoms with E-state index in [1.165, 1.54) is 10.6 Å². The van der Waals surface area contributed by atoms with E-state index in [2.05, 4.69) is 5.32 Å². The van der Waals surface area contributed by atoms with Crippen LogP contribution in [-0.2, 0) is 10.0 Å². The Morgan fingerprint density at radius 1 is 1.35 bits per heavy atom. The van der Waals surface area contributed by atoms with Crippen molar-refractivity contribution < 1.29 is 13.2 Å². The Morgan fingerprint density at radius 2 is 2.00 bits per heavy atom. The minimum Gasteiger partial charge on any atom is -0.398 e. The molecule has 0 heterocycles. The lowest BCUT2D eigenvalue weighted by molar-refractivity contribution is 0.0953. The highest BCUT2D eigenvalue weighted by Crippen LogP contribution is 2.09. The number of para-hydroxylation sites is 1. The summed E-state index contributed by atoms with van der Waals surface area (Å²) in [4.78, 5) is 11.9. The highest BCUT2D eigenvalue weighted by molar-refractivity contribution is 7.88. The lowest BCUT2D eigenvalue weighted by Crippen LogP contribution is -2.33. The molecule has 0 bridgehead atoms. The predicted octanol–water partition coefficient (Wildman–Crippen LogP) is 0.670. The zero-order valence-electron chi connectivity index (χ0n) is 11.8. The molecule has 0 aliphatic rings. The SMILES string of the molecule is CCN(CCCNC(=O)c1ccccc1N)S(C)(=O)=O. The number of benzene rings is 1. The van der Waals surface area contributed by atoms with Crippen molar-refractivity contribution in [3.63, 3.8) is 0 Å². The van der Waals surface area contributed by atoms with Crippen LogP contribution in [0.1, 0.15) is 23.7 Å². The summed E-state index contributed by atoms with van der Waals surface area (Å²) < 4.78 is 24.1. The topological polar surface area (TPSA) is 92.5 Å². The molecule has 3 N–H and O–H groups in total. The van der Waals surface area contributed by atoms with Crippen LogP contribution in [0.4, 0.5) is 5.69 Å². The lowest BCUT2D eigenvalue weighted by atomic mass is 10.1. The molecule has 0 spiro atoms. The van der Waals surface area contributed by atoms with Crippen molar-refractivity contribution in [3.8, 4) is 0 Å². The maximum Gasteiger partial charge on any atom is 0.253 e. The minimum atomic E-state index is -3.17. The van der Waals surface area contributed by atoms with Gasteiger partial charge in [0.2, 0.25) is 10.0 Å². The summed E-state index contributed by atoms with van der Waals surface area (Å²) in [6.45, 7) is 3.00. The average Bonchev–Trinajstić information content (AvgIpc) is 2.37. The molecule has 1 amide bonds. The zero-order valence-corrected chi connectivity index (χ0v) is 12.6. The van der Waals surface area contributed by atoms with E-state index in [0.29, 0.717) is 37.3 Å². The Kier molecular flexibility index (Phi) is 5.97. The second-order valence-corrected chi connectivity index (χ2v) is 6.43. The molecule has 1 aromatic carbocycles. The maximum absolute atomic E-state index is 11.9. The number of nitrogens with two attached hydrogens (primary N) is 1. The molecule has 1 rings (SSSR count). The van der Waals surface area contributed by atoms with Gasteiger partial charge in [-0.3, -0.25) is 4.79 Å². The molecule has 112 valence electrons. The quantitative estimate of drug-likeness (QED) is 0.572. The van der Waals surface area contributed by atoms with E-state index < -0.39 is 10.0 Å².